The van der Waals surface area contributed by atoms with Gasteiger partial charge in [-0.15, -0.1) is 6.58 Å². The molecule has 59 heavy (non-hydrogen) atoms. The van der Waals surface area contributed by atoms with E-state index in [0.29, 0.717) is 5.92 Å². The van der Waals surface area contributed by atoms with Crippen LogP contribution in [0.1, 0.15) is 76.6 Å². The number of nitrogens with zero attached hydrogens (tertiary/aromatic N) is 2. The van der Waals surface area contributed by atoms with Crippen LogP contribution in [0.4, 0.5) is 17.1 Å². The lowest BCUT2D eigenvalue weighted by molar-refractivity contribution is 0.427. The summed E-state index contributed by atoms with van der Waals surface area (Å²) in [6, 6.07) is 68.7. The minimum atomic E-state index is -0.358. The number of hydrogen-bond donors (Lipinski definition) is 0. The highest BCUT2D eigenvalue weighted by Crippen LogP contribution is 2.43. The molecule has 7 rings (SSSR count). The predicted octanol–water partition coefficient (Wildman–Crippen LogP) is 14.8. The highest BCUT2D eigenvalue weighted by molar-refractivity contribution is 6.19. The Bertz CT molecular complexity index is 2370. The van der Waals surface area contributed by atoms with Gasteiger partial charge >= 0.3 is 16.5 Å². The Labute approximate surface area is 362 Å². The van der Waals surface area contributed by atoms with Crippen LogP contribution in [0, 0.1) is 5.92 Å². The maximum absolute atomic E-state index is 4.18. The molecule has 2 nitrogen and oxygen atoms in total. The van der Waals surface area contributed by atoms with Gasteiger partial charge in [0, 0.05) is 22.5 Å². The van der Waals surface area contributed by atoms with E-state index in [0.717, 1.165) is 18.5 Å². The van der Waals surface area contributed by atoms with Crippen molar-refractivity contribution in [2.24, 2.45) is 5.92 Å². The standard InChI is InChI=1S/C56H57N2.Al/c1-8-55(6,49-19-13-10-14-20-49)57-51-39-31-46(32-40-51)44-27-35-48(36-28-44)54(5,41-42(3)4)47-33-25-43(26-34-47)45-29-37-50(38-30-45)56(7,9-2)58(52-21-15-11-16-22-52)53-23-17-12-18-24-53;/h8,10-40,42H,1,9,41H2,2-7H3;/q-1;+1. The fraction of sp³-hybridized carbons (Fsp3) is 0.214. The molecule has 3 atom stereocenters. The molecular formula is C56H57AlN2. The molecule has 0 fully saturated rings. The van der Waals surface area contributed by atoms with Crippen LogP contribution in [-0.2, 0) is 16.5 Å². The third kappa shape index (κ3) is 8.47. The van der Waals surface area contributed by atoms with Crippen molar-refractivity contribution in [2.45, 2.75) is 70.9 Å². The Morgan fingerprint density at radius 2 is 0.864 bits per heavy atom. The zero-order valence-electron chi connectivity index (χ0n) is 35.6. The summed E-state index contributed by atoms with van der Waals surface area (Å²) >= 11 is 2.91. The van der Waals surface area contributed by atoms with E-state index in [4.69, 9.17) is 0 Å². The zero-order valence-corrected chi connectivity index (χ0v) is 36.8. The van der Waals surface area contributed by atoms with Crippen LogP contribution in [0.3, 0.4) is 0 Å². The number of anilines is 3. The van der Waals surface area contributed by atoms with Crippen molar-refractivity contribution in [1.29, 1.82) is 0 Å². The molecule has 3 heteroatoms. The molecule has 2 radical (unpaired) electrons. The van der Waals surface area contributed by atoms with Crippen molar-refractivity contribution in [3.05, 3.63) is 223 Å². The predicted molar refractivity (Wildman–Crippen MR) is 255 cm³/mol. The Morgan fingerprint density at radius 3 is 1.24 bits per heavy atom. The van der Waals surface area contributed by atoms with Crippen LogP contribution in [0.5, 0.6) is 0 Å². The summed E-state index contributed by atoms with van der Waals surface area (Å²) in [4.78, 5) is 2.49. The minimum absolute atomic E-state index is 0.132. The summed E-state index contributed by atoms with van der Waals surface area (Å²) < 4.78 is 2.22. The van der Waals surface area contributed by atoms with E-state index in [2.05, 4.69) is 261 Å². The lowest BCUT2D eigenvalue weighted by atomic mass is 9.70. The van der Waals surface area contributed by atoms with Gasteiger partial charge in [-0.05, 0) is 114 Å². The van der Waals surface area contributed by atoms with E-state index in [1.807, 2.05) is 6.08 Å². The lowest BCUT2D eigenvalue weighted by Gasteiger charge is -2.43. The van der Waals surface area contributed by atoms with Crippen LogP contribution in [0.2, 0.25) is 0 Å². The molecule has 0 N–H and O–H groups in total. The van der Waals surface area contributed by atoms with E-state index in [9.17, 15) is 0 Å². The fourth-order valence-electron chi connectivity index (χ4n) is 8.88. The first-order chi connectivity index (χ1) is 28.5. The molecular weight excluding hydrogens is 728 g/mol. The molecule has 3 unspecified atom stereocenters. The van der Waals surface area contributed by atoms with Gasteiger partial charge in [-0.2, -0.15) is 0 Å². The van der Waals surface area contributed by atoms with Crippen molar-refractivity contribution >= 4 is 33.6 Å². The summed E-state index contributed by atoms with van der Waals surface area (Å²) in [5, 5.41) is 0. The Kier molecular flexibility index (Phi) is 12.5. The van der Waals surface area contributed by atoms with Gasteiger partial charge in [-0.3, -0.25) is 0 Å². The molecule has 294 valence electrons. The van der Waals surface area contributed by atoms with Gasteiger partial charge in [0.2, 0.25) is 0 Å². The molecule has 7 aromatic rings. The van der Waals surface area contributed by atoms with Gasteiger partial charge < -0.3 is 8.78 Å². The zero-order chi connectivity index (χ0) is 41.6. The van der Waals surface area contributed by atoms with Crippen molar-refractivity contribution in [2.75, 3.05) is 8.78 Å². The maximum Gasteiger partial charge on any atom is 0.311 e. The molecule has 0 saturated heterocycles. The first-order valence-electron chi connectivity index (χ1n) is 21.1. The molecule has 0 heterocycles. The molecule has 0 aliphatic carbocycles. The van der Waals surface area contributed by atoms with Crippen molar-refractivity contribution in [3.8, 4) is 22.3 Å². The monoisotopic (exact) mass is 784 g/mol. The van der Waals surface area contributed by atoms with Crippen LogP contribution in [0.15, 0.2) is 201 Å². The summed E-state index contributed by atoms with van der Waals surface area (Å²) in [5.74, 6) is 0.533. The van der Waals surface area contributed by atoms with Gasteiger partial charge in [-0.25, -0.2) is 0 Å². The SMILES string of the molecule is C=CC(C)(c1ccccc1)[N]([Al])c1ccc(-c2ccc(C(C)(CC(C)C)c3ccc(-c4ccc(C(C)(CC)N(c5ccccc5)c5ccccc5)cc4)cc3)cc2)cc1. The van der Waals surface area contributed by atoms with Crippen LogP contribution in [-0.4, -0.2) is 16.5 Å². The maximum atomic E-state index is 4.18. The van der Waals surface area contributed by atoms with Gasteiger partial charge in [0.25, 0.3) is 0 Å². The molecule has 0 aliphatic rings. The molecule has 0 spiro atoms. The normalized spacial score (nSPS) is 14.4. The minimum Gasteiger partial charge on any atom is -0.469 e. The largest absolute Gasteiger partial charge is 0.469 e. The number of hydrogen-bond acceptors (Lipinski definition) is 2. The van der Waals surface area contributed by atoms with Gasteiger partial charge in [-0.1, -0.05) is 185 Å². The second-order valence-electron chi connectivity index (χ2n) is 16.9. The molecule has 0 bridgehead atoms. The van der Waals surface area contributed by atoms with Gasteiger partial charge in [0.05, 0.1) is 11.1 Å². The molecule has 7 aromatic carbocycles. The number of benzene rings is 7. The average molecular weight is 785 g/mol. The third-order valence-electron chi connectivity index (χ3n) is 12.6. The van der Waals surface area contributed by atoms with Gasteiger partial charge in [0.1, 0.15) is 0 Å². The summed E-state index contributed by atoms with van der Waals surface area (Å²) in [6.07, 6.45) is 4.02. The van der Waals surface area contributed by atoms with Crippen molar-refractivity contribution in [3.63, 3.8) is 0 Å². The number of rotatable bonds is 15. The molecule has 0 saturated carbocycles. The summed E-state index contributed by atoms with van der Waals surface area (Å²) in [7, 11) is 0. The fourth-order valence-corrected chi connectivity index (χ4v) is 9.31. The topological polar surface area (TPSA) is 6.48 Å². The summed E-state index contributed by atoms with van der Waals surface area (Å²) in [6.45, 7) is 18.1. The summed E-state index contributed by atoms with van der Waals surface area (Å²) in [5.41, 5.74) is 12.8. The first kappa shape index (κ1) is 41.6. The smallest absolute Gasteiger partial charge is 0.311 e. The lowest BCUT2D eigenvalue weighted by Crippen LogP contribution is -2.40. The average Bonchev–Trinajstić information content (AvgIpc) is 3.29. The Morgan fingerprint density at radius 1 is 0.492 bits per heavy atom. The quantitative estimate of drug-likeness (QED) is 0.0755. The van der Waals surface area contributed by atoms with E-state index in [-0.39, 0.29) is 16.5 Å². The molecule has 0 aromatic heterocycles. The highest BCUT2D eigenvalue weighted by atomic mass is 27.1. The van der Waals surface area contributed by atoms with E-state index in [1.54, 1.807) is 0 Å². The first-order valence-corrected chi connectivity index (χ1v) is 21.6. The highest BCUT2D eigenvalue weighted by Gasteiger charge is 2.34. The number of para-hydroxylation sites is 2. The Hall–Kier alpha value is -5.59. The van der Waals surface area contributed by atoms with Gasteiger partial charge in [0.15, 0.2) is 0 Å². The third-order valence-corrected chi connectivity index (χ3v) is 13.5. The molecule has 0 amide bonds. The Balaban J connectivity index is 1.11. The second-order valence-corrected chi connectivity index (χ2v) is 17.4. The van der Waals surface area contributed by atoms with Crippen molar-refractivity contribution < 1.29 is 0 Å². The van der Waals surface area contributed by atoms with E-state index in [1.165, 1.54) is 55.9 Å². The van der Waals surface area contributed by atoms with E-state index < -0.39 is 0 Å². The van der Waals surface area contributed by atoms with Crippen molar-refractivity contribution in [1.82, 2.24) is 0 Å². The second kappa shape index (κ2) is 17.7. The molecule has 0 aliphatic heterocycles. The van der Waals surface area contributed by atoms with Crippen LogP contribution < -0.4 is 8.78 Å². The van der Waals surface area contributed by atoms with Crippen LogP contribution in [0.25, 0.3) is 22.3 Å². The van der Waals surface area contributed by atoms with Crippen LogP contribution >= 0.6 is 0 Å². The van der Waals surface area contributed by atoms with E-state index >= 15 is 0 Å².